The summed E-state index contributed by atoms with van der Waals surface area (Å²) in [5.41, 5.74) is 0.165. The standard InChI is InChI=1S/C26H37N3O3/c1-5-20(24(31)32-4)28-23(30)19-8-7-17-16-6-9-21-26(3,18(16)10-12-25(17,19)2)13-11-22-27-14-15-29(21)22/h11,13-21H,5-10,12H2,1-4H3,(H,28,30). The Morgan fingerprint density at radius 2 is 2.03 bits per heavy atom. The first-order valence-electron chi connectivity index (χ1n) is 12.4. The van der Waals surface area contributed by atoms with Crippen molar-refractivity contribution in [1.82, 2.24) is 14.9 Å². The van der Waals surface area contributed by atoms with E-state index in [1.165, 1.54) is 20.0 Å². The van der Waals surface area contributed by atoms with E-state index in [2.05, 4.69) is 47.1 Å². The Kier molecular flexibility index (Phi) is 5.25. The van der Waals surface area contributed by atoms with Gasteiger partial charge in [-0.05, 0) is 74.2 Å². The van der Waals surface area contributed by atoms with Crippen molar-refractivity contribution in [3.63, 3.8) is 0 Å². The topological polar surface area (TPSA) is 73.2 Å². The molecule has 3 fully saturated rings. The van der Waals surface area contributed by atoms with Crippen LogP contribution in [-0.4, -0.2) is 34.6 Å². The first-order valence-corrected chi connectivity index (χ1v) is 12.4. The van der Waals surface area contributed by atoms with Crippen molar-refractivity contribution in [2.45, 2.75) is 77.8 Å². The lowest BCUT2D eigenvalue weighted by Gasteiger charge is -2.59. The molecule has 4 aliphatic rings. The summed E-state index contributed by atoms with van der Waals surface area (Å²) in [5, 5.41) is 3.02. The number of fused-ring (bicyclic) bond motifs is 7. The predicted molar refractivity (Wildman–Crippen MR) is 122 cm³/mol. The number of carbonyl (C=O) groups is 2. The molecule has 3 saturated carbocycles. The van der Waals surface area contributed by atoms with Gasteiger partial charge in [0.2, 0.25) is 5.91 Å². The van der Waals surface area contributed by atoms with Gasteiger partial charge in [-0.3, -0.25) is 4.79 Å². The molecule has 32 heavy (non-hydrogen) atoms. The van der Waals surface area contributed by atoms with Crippen LogP contribution in [0.2, 0.25) is 0 Å². The minimum Gasteiger partial charge on any atom is -0.467 e. The molecule has 5 rings (SSSR count). The Morgan fingerprint density at radius 3 is 2.78 bits per heavy atom. The van der Waals surface area contributed by atoms with E-state index in [0.29, 0.717) is 30.2 Å². The van der Waals surface area contributed by atoms with Crippen LogP contribution in [0.25, 0.3) is 6.08 Å². The van der Waals surface area contributed by atoms with Gasteiger partial charge in [-0.15, -0.1) is 0 Å². The van der Waals surface area contributed by atoms with Crippen LogP contribution in [0.5, 0.6) is 0 Å². The molecular weight excluding hydrogens is 402 g/mol. The molecule has 0 saturated heterocycles. The van der Waals surface area contributed by atoms with E-state index in [-0.39, 0.29) is 28.6 Å². The second kappa shape index (κ2) is 7.74. The van der Waals surface area contributed by atoms with Gasteiger partial charge in [-0.25, -0.2) is 9.78 Å². The lowest BCUT2D eigenvalue weighted by Crippen LogP contribution is -2.54. The number of nitrogens with one attached hydrogen (secondary N) is 1. The molecule has 1 N–H and O–H groups in total. The van der Waals surface area contributed by atoms with Gasteiger partial charge in [0.05, 0.1) is 7.11 Å². The van der Waals surface area contributed by atoms with Crippen molar-refractivity contribution in [2.24, 2.45) is 34.5 Å². The molecule has 8 unspecified atom stereocenters. The number of hydrogen-bond donors (Lipinski definition) is 1. The number of imidazole rings is 1. The lowest BCUT2D eigenvalue weighted by atomic mass is 9.48. The molecule has 1 amide bonds. The predicted octanol–water partition coefficient (Wildman–Crippen LogP) is 4.38. The Bertz CT molecular complexity index is 939. The van der Waals surface area contributed by atoms with E-state index >= 15 is 0 Å². The molecule has 6 nitrogen and oxygen atoms in total. The molecule has 1 aromatic rings. The minimum absolute atomic E-state index is 0.0140. The van der Waals surface area contributed by atoms with Crippen LogP contribution in [0, 0.1) is 34.5 Å². The number of methoxy groups -OCH3 is 1. The van der Waals surface area contributed by atoms with Crippen LogP contribution in [0.15, 0.2) is 18.5 Å². The molecule has 174 valence electrons. The maximum absolute atomic E-state index is 13.3. The van der Waals surface area contributed by atoms with Gasteiger partial charge < -0.3 is 14.6 Å². The third-order valence-corrected chi connectivity index (χ3v) is 9.88. The highest BCUT2D eigenvalue weighted by Crippen LogP contribution is 2.67. The van der Waals surface area contributed by atoms with Crippen molar-refractivity contribution in [1.29, 1.82) is 0 Å². The van der Waals surface area contributed by atoms with Crippen LogP contribution in [0.3, 0.4) is 0 Å². The summed E-state index contributed by atoms with van der Waals surface area (Å²) < 4.78 is 7.28. The molecule has 0 bridgehead atoms. The first-order chi connectivity index (χ1) is 15.3. The Hall–Kier alpha value is -2.11. The molecule has 0 aromatic carbocycles. The SMILES string of the molecule is CCC(NC(=O)C1CCC2C3CCC4n5ccnc5C=CC4(C)C3CCC12C)C(=O)OC. The van der Waals surface area contributed by atoms with Gasteiger partial charge in [0, 0.05) is 29.8 Å². The molecule has 3 aliphatic carbocycles. The molecule has 1 aliphatic heterocycles. The second-order valence-electron chi connectivity index (χ2n) is 11.0. The molecule has 1 aromatic heterocycles. The van der Waals surface area contributed by atoms with E-state index in [1.807, 2.05) is 13.1 Å². The second-order valence-corrected chi connectivity index (χ2v) is 11.0. The van der Waals surface area contributed by atoms with Gasteiger partial charge in [0.15, 0.2) is 0 Å². The van der Waals surface area contributed by atoms with E-state index in [4.69, 9.17) is 4.74 Å². The zero-order valence-electron chi connectivity index (χ0n) is 19.8. The largest absolute Gasteiger partial charge is 0.467 e. The molecule has 6 heteroatoms. The number of allylic oxidation sites excluding steroid dienone is 1. The van der Waals surface area contributed by atoms with Gasteiger partial charge in [-0.1, -0.05) is 26.8 Å². The van der Waals surface area contributed by atoms with E-state index in [9.17, 15) is 9.59 Å². The smallest absolute Gasteiger partial charge is 0.328 e. The van der Waals surface area contributed by atoms with Gasteiger partial charge in [-0.2, -0.15) is 0 Å². The zero-order chi connectivity index (χ0) is 22.7. The highest BCUT2D eigenvalue weighted by molar-refractivity contribution is 5.86. The van der Waals surface area contributed by atoms with Gasteiger partial charge >= 0.3 is 5.97 Å². The van der Waals surface area contributed by atoms with Gasteiger partial charge in [0.25, 0.3) is 0 Å². The number of carbonyl (C=O) groups excluding carboxylic acids is 2. The molecule has 0 spiro atoms. The quantitative estimate of drug-likeness (QED) is 0.707. The van der Waals surface area contributed by atoms with Crippen molar-refractivity contribution in [2.75, 3.05) is 7.11 Å². The fourth-order valence-electron chi connectivity index (χ4n) is 8.19. The average Bonchev–Trinajstić information content (AvgIpc) is 3.40. The van der Waals surface area contributed by atoms with Crippen LogP contribution in [0.1, 0.15) is 77.6 Å². The number of amides is 1. The lowest BCUT2D eigenvalue weighted by molar-refractivity contribution is -0.147. The van der Waals surface area contributed by atoms with Crippen molar-refractivity contribution < 1.29 is 14.3 Å². The summed E-state index contributed by atoms with van der Waals surface area (Å²) in [5.74, 6) is 2.65. The summed E-state index contributed by atoms with van der Waals surface area (Å²) >= 11 is 0. The van der Waals surface area contributed by atoms with Crippen LogP contribution in [0.4, 0.5) is 0 Å². The van der Waals surface area contributed by atoms with Crippen LogP contribution >= 0.6 is 0 Å². The van der Waals surface area contributed by atoms with Gasteiger partial charge in [0.1, 0.15) is 11.9 Å². The average molecular weight is 440 g/mol. The van der Waals surface area contributed by atoms with Crippen LogP contribution in [-0.2, 0) is 14.3 Å². The highest BCUT2D eigenvalue weighted by atomic mass is 16.5. The maximum Gasteiger partial charge on any atom is 0.328 e. The molecule has 0 radical (unpaired) electrons. The zero-order valence-corrected chi connectivity index (χ0v) is 19.8. The third kappa shape index (κ3) is 3.01. The summed E-state index contributed by atoms with van der Waals surface area (Å²) in [6, 6.07) is -0.0564. The Balaban J connectivity index is 1.36. The van der Waals surface area contributed by atoms with Crippen molar-refractivity contribution >= 4 is 18.0 Å². The van der Waals surface area contributed by atoms with Crippen molar-refractivity contribution in [3.8, 4) is 0 Å². The molecular formula is C26H37N3O3. The Morgan fingerprint density at radius 1 is 1.22 bits per heavy atom. The number of aromatic nitrogens is 2. The third-order valence-electron chi connectivity index (χ3n) is 9.88. The summed E-state index contributed by atoms with van der Waals surface area (Å²) in [4.78, 5) is 29.9. The van der Waals surface area contributed by atoms with E-state index in [0.717, 1.165) is 31.5 Å². The number of rotatable bonds is 4. The summed E-state index contributed by atoms with van der Waals surface area (Å²) in [6.45, 7) is 6.72. The van der Waals surface area contributed by atoms with Crippen LogP contribution < -0.4 is 5.32 Å². The minimum atomic E-state index is -0.544. The summed E-state index contributed by atoms with van der Waals surface area (Å²) in [7, 11) is 1.38. The maximum atomic E-state index is 13.3. The molecule has 8 atom stereocenters. The van der Waals surface area contributed by atoms with E-state index in [1.54, 1.807) is 0 Å². The van der Waals surface area contributed by atoms with Crippen molar-refractivity contribution in [3.05, 3.63) is 24.3 Å². The number of nitrogens with zero attached hydrogens (tertiary/aromatic N) is 2. The van der Waals surface area contributed by atoms with E-state index < -0.39 is 6.04 Å². The number of esters is 1. The number of ether oxygens (including phenoxy) is 1. The monoisotopic (exact) mass is 439 g/mol. The fourth-order valence-corrected chi connectivity index (χ4v) is 8.19. The number of hydrogen-bond acceptors (Lipinski definition) is 4. The Labute approximate surface area is 191 Å². The molecule has 2 heterocycles. The highest BCUT2D eigenvalue weighted by Gasteiger charge is 2.61. The fraction of sp³-hybridized carbons (Fsp3) is 0.731. The normalized spacial score (nSPS) is 40.4. The first kappa shape index (κ1) is 21.7. The summed E-state index contributed by atoms with van der Waals surface area (Å²) in [6.07, 6.45) is 16.0.